The van der Waals surface area contributed by atoms with Crippen molar-refractivity contribution < 1.29 is 5.11 Å². The average molecular weight is 171 g/mol. The molecule has 0 aromatic carbocycles. The molecule has 0 aliphatic heterocycles. The average Bonchev–Trinajstić information content (AvgIpc) is 2.15. The van der Waals surface area contributed by atoms with Crippen molar-refractivity contribution in [3.8, 4) is 0 Å². The van der Waals surface area contributed by atoms with Gasteiger partial charge in [-0.25, -0.2) is 0 Å². The van der Waals surface area contributed by atoms with Gasteiger partial charge in [-0.3, -0.25) is 0 Å². The van der Waals surface area contributed by atoms with Crippen LogP contribution < -0.4 is 5.73 Å². The van der Waals surface area contributed by atoms with E-state index in [1.165, 1.54) is 32.1 Å². The summed E-state index contributed by atoms with van der Waals surface area (Å²) in [4.78, 5) is 0. The highest BCUT2D eigenvalue weighted by Gasteiger charge is 2.19. The van der Waals surface area contributed by atoms with Crippen LogP contribution in [0.3, 0.4) is 0 Å². The monoisotopic (exact) mass is 171 g/mol. The van der Waals surface area contributed by atoms with Crippen molar-refractivity contribution in [2.45, 2.75) is 51.0 Å². The Morgan fingerprint density at radius 3 is 2.50 bits per heavy atom. The summed E-state index contributed by atoms with van der Waals surface area (Å²) in [5.74, 6) is 0.741. The minimum Gasteiger partial charge on any atom is -0.396 e. The number of hydrogen-bond donors (Lipinski definition) is 2. The summed E-state index contributed by atoms with van der Waals surface area (Å²) in [6, 6.07) is 0.345. The Hall–Kier alpha value is -0.0800. The van der Waals surface area contributed by atoms with Crippen LogP contribution in [-0.2, 0) is 0 Å². The number of aliphatic hydroxyl groups excluding tert-OH is 1. The fraction of sp³-hybridized carbons (Fsp3) is 1.00. The molecule has 0 saturated heterocycles. The lowest BCUT2D eigenvalue weighted by Crippen LogP contribution is -2.31. The van der Waals surface area contributed by atoms with Gasteiger partial charge < -0.3 is 10.8 Å². The van der Waals surface area contributed by atoms with Crippen molar-refractivity contribution in [2.24, 2.45) is 11.7 Å². The first-order chi connectivity index (χ1) is 5.84. The summed E-state index contributed by atoms with van der Waals surface area (Å²) in [6.45, 7) is 0.292. The third kappa shape index (κ3) is 3.11. The molecule has 1 rings (SSSR count). The van der Waals surface area contributed by atoms with Gasteiger partial charge in [-0.2, -0.15) is 0 Å². The molecule has 12 heavy (non-hydrogen) atoms. The number of nitrogens with two attached hydrogens (primary N) is 1. The maximum Gasteiger partial charge on any atom is 0.0431 e. The SMILES string of the molecule is NC(CCCO)C1CCCCC1. The van der Waals surface area contributed by atoms with E-state index in [1.54, 1.807) is 0 Å². The summed E-state index contributed by atoms with van der Waals surface area (Å²) >= 11 is 0. The molecular formula is C10H21NO. The van der Waals surface area contributed by atoms with Crippen molar-refractivity contribution in [1.29, 1.82) is 0 Å². The van der Waals surface area contributed by atoms with Gasteiger partial charge in [0.1, 0.15) is 0 Å². The van der Waals surface area contributed by atoms with Gasteiger partial charge in [-0.15, -0.1) is 0 Å². The molecule has 0 heterocycles. The largest absolute Gasteiger partial charge is 0.396 e. The quantitative estimate of drug-likeness (QED) is 0.676. The van der Waals surface area contributed by atoms with Gasteiger partial charge in [0, 0.05) is 12.6 Å². The summed E-state index contributed by atoms with van der Waals surface area (Å²) < 4.78 is 0. The molecule has 1 fully saturated rings. The summed E-state index contributed by atoms with van der Waals surface area (Å²) in [5, 5.41) is 8.66. The van der Waals surface area contributed by atoms with Crippen LogP contribution in [0.25, 0.3) is 0 Å². The molecule has 1 aliphatic carbocycles. The zero-order chi connectivity index (χ0) is 8.81. The molecule has 0 amide bonds. The van der Waals surface area contributed by atoms with Crippen LogP contribution in [0, 0.1) is 5.92 Å². The molecule has 0 bridgehead atoms. The Labute approximate surface area is 75.2 Å². The first kappa shape index (κ1) is 10.0. The van der Waals surface area contributed by atoms with E-state index >= 15 is 0 Å². The first-order valence-corrected chi connectivity index (χ1v) is 5.21. The van der Waals surface area contributed by atoms with Gasteiger partial charge >= 0.3 is 0 Å². The van der Waals surface area contributed by atoms with Gasteiger partial charge in [-0.1, -0.05) is 19.3 Å². The van der Waals surface area contributed by atoms with Crippen LogP contribution in [0.4, 0.5) is 0 Å². The molecule has 0 spiro atoms. The van der Waals surface area contributed by atoms with Gasteiger partial charge in [0.15, 0.2) is 0 Å². The number of aliphatic hydroxyl groups is 1. The standard InChI is InChI=1S/C10H21NO/c11-10(7-4-8-12)9-5-2-1-3-6-9/h9-10,12H,1-8,11H2. The molecule has 0 aromatic heterocycles. The molecule has 1 saturated carbocycles. The zero-order valence-corrected chi connectivity index (χ0v) is 7.84. The summed E-state index contributed by atoms with van der Waals surface area (Å²) in [6.07, 6.45) is 8.61. The Morgan fingerprint density at radius 1 is 1.25 bits per heavy atom. The normalized spacial score (nSPS) is 22.5. The molecule has 1 unspecified atom stereocenters. The van der Waals surface area contributed by atoms with E-state index < -0.39 is 0 Å². The number of rotatable bonds is 4. The molecule has 0 radical (unpaired) electrons. The van der Waals surface area contributed by atoms with E-state index in [9.17, 15) is 0 Å². The van der Waals surface area contributed by atoms with Crippen LogP contribution in [0.15, 0.2) is 0 Å². The minimum atomic E-state index is 0.292. The van der Waals surface area contributed by atoms with E-state index in [0.717, 1.165) is 18.8 Å². The van der Waals surface area contributed by atoms with Crippen LogP contribution in [-0.4, -0.2) is 17.8 Å². The topological polar surface area (TPSA) is 46.2 Å². The van der Waals surface area contributed by atoms with Gasteiger partial charge in [0.05, 0.1) is 0 Å². The maximum atomic E-state index is 8.66. The molecular weight excluding hydrogens is 150 g/mol. The highest BCUT2D eigenvalue weighted by atomic mass is 16.2. The van der Waals surface area contributed by atoms with E-state index in [2.05, 4.69) is 0 Å². The van der Waals surface area contributed by atoms with Crippen molar-refractivity contribution >= 4 is 0 Å². The van der Waals surface area contributed by atoms with Gasteiger partial charge in [0.2, 0.25) is 0 Å². The third-order valence-electron chi connectivity index (χ3n) is 2.95. The highest BCUT2D eigenvalue weighted by molar-refractivity contribution is 4.76. The fourth-order valence-electron chi connectivity index (χ4n) is 2.13. The highest BCUT2D eigenvalue weighted by Crippen LogP contribution is 2.26. The Bertz CT molecular complexity index is 110. The van der Waals surface area contributed by atoms with Crippen LogP contribution >= 0.6 is 0 Å². The minimum absolute atomic E-state index is 0.292. The summed E-state index contributed by atoms with van der Waals surface area (Å²) in [5.41, 5.74) is 6.02. The smallest absolute Gasteiger partial charge is 0.0431 e. The van der Waals surface area contributed by atoms with Gasteiger partial charge in [0.25, 0.3) is 0 Å². The Balaban J connectivity index is 2.15. The second-order valence-corrected chi connectivity index (χ2v) is 3.93. The van der Waals surface area contributed by atoms with Crippen LogP contribution in [0.5, 0.6) is 0 Å². The lowest BCUT2D eigenvalue weighted by atomic mass is 9.83. The van der Waals surface area contributed by atoms with Crippen molar-refractivity contribution in [3.63, 3.8) is 0 Å². The van der Waals surface area contributed by atoms with E-state index in [-0.39, 0.29) is 0 Å². The van der Waals surface area contributed by atoms with Crippen molar-refractivity contribution in [1.82, 2.24) is 0 Å². The van der Waals surface area contributed by atoms with Crippen molar-refractivity contribution in [2.75, 3.05) is 6.61 Å². The molecule has 1 aliphatic rings. The lowest BCUT2D eigenvalue weighted by Gasteiger charge is -2.27. The predicted octanol–water partition coefficient (Wildman–Crippen LogP) is 1.67. The molecule has 2 nitrogen and oxygen atoms in total. The molecule has 0 aromatic rings. The molecule has 3 N–H and O–H groups in total. The Kier molecular flexibility index (Phi) is 4.62. The van der Waals surface area contributed by atoms with Crippen molar-refractivity contribution in [3.05, 3.63) is 0 Å². The summed E-state index contributed by atoms with van der Waals surface area (Å²) in [7, 11) is 0. The van der Waals surface area contributed by atoms with Gasteiger partial charge in [-0.05, 0) is 31.6 Å². The predicted molar refractivity (Wildman–Crippen MR) is 50.9 cm³/mol. The Morgan fingerprint density at radius 2 is 1.92 bits per heavy atom. The molecule has 72 valence electrons. The van der Waals surface area contributed by atoms with E-state index in [1.807, 2.05) is 0 Å². The fourth-order valence-corrected chi connectivity index (χ4v) is 2.13. The van der Waals surface area contributed by atoms with Crippen LogP contribution in [0.2, 0.25) is 0 Å². The maximum absolute atomic E-state index is 8.66. The second-order valence-electron chi connectivity index (χ2n) is 3.93. The van der Waals surface area contributed by atoms with E-state index in [4.69, 9.17) is 10.8 Å². The third-order valence-corrected chi connectivity index (χ3v) is 2.95. The molecule has 2 heteroatoms. The zero-order valence-electron chi connectivity index (χ0n) is 7.84. The first-order valence-electron chi connectivity index (χ1n) is 5.21. The van der Waals surface area contributed by atoms with E-state index in [0.29, 0.717) is 12.6 Å². The number of hydrogen-bond acceptors (Lipinski definition) is 2. The molecule has 1 atom stereocenters. The van der Waals surface area contributed by atoms with Crippen LogP contribution in [0.1, 0.15) is 44.9 Å². The lowest BCUT2D eigenvalue weighted by molar-refractivity contribution is 0.250. The second kappa shape index (κ2) is 5.55.